The van der Waals surface area contributed by atoms with Crippen LogP contribution in [0.15, 0.2) is 303 Å². The van der Waals surface area contributed by atoms with Crippen LogP contribution in [0.1, 0.15) is 27.8 Å². The predicted octanol–water partition coefficient (Wildman–Crippen LogP) is 20.0. The number of nitriles is 1. The molecule has 0 N–H and O–H groups in total. The number of Topliss-reactive ketones (excluding diaryl/α,β-unsaturated/α-hetero) is 1. The lowest BCUT2D eigenvalue weighted by Crippen LogP contribution is -2.02. The predicted molar refractivity (Wildman–Crippen MR) is 340 cm³/mol. The summed E-state index contributed by atoms with van der Waals surface area (Å²) in [4.78, 5) is 19.3. The first-order valence-corrected chi connectivity index (χ1v) is 27.7. The van der Waals surface area contributed by atoms with Crippen molar-refractivity contribution in [1.82, 2.24) is 4.98 Å². The van der Waals surface area contributed by atoms with E-state index in [0.717, 1.165) is 61.5 Å². The van der Waals surface area contributed by atoms with Crippen LogP contribution in [0.5, 0.6) is 0 Å². The number of carbonyl (C=O) groups is 1. The number of allylic oxidation sites excluding steroid dienone is 4. The topological polar surface area (TPSA) is 53.8 Å². The fourth-order valence-electron chi connectivity index (χ4n) is 12.3. The van der Waals surface area contributed by atoms with Crippen molar-refractivity contribution in [2.75, 3.05) is 0 Å². The summed E-state index contributed by atoms with van der Waals surface area (Å²) in [6.45, 7) is 0. The maximum atomic E-state index is 13.7. The van der Waals surface area contributed by atoms with E-state index in [1.54, 1.807) is 0 Å². The van der Waals surface area contributed by atoms with E-state index in [9.17, 15) is 4.79 Å². The molecule has 16 rings (SSSR count). The molecule has 0 bridgehead atoms. The fourth-order valence-corrected chi connectivity index (χ4v) is 12.3. The molecule has 0 fully saturated rings. The van der Waals surface area contributed by atoms with E-state index in [2.05, 4.69) is 206 Å². The maximum Gasteiger partial charge on any atom is 0.195 e. The fraction of sp³-hybridized carbons (Fsp3) is 0. The molecule has 0 aliphatic heterocycles. The van der Waals surface area contributed by atoms with Gasteiger partial charge in [0.1, 0.15) is 0 Å². The minimum Gasteiger partial charge on any atom is -0.289 e. The second-order valence-corrected chi connectivity index (χ2v) is 20.6. The Hall–Kier alpha value is -11.1. The highest BCUT2D eigenvalue weighted by atomic mass is 16.1. The van der Waals surface area contributed by atoms with E-state index in [-0.39, 0.29) is 5.78 Å². The Morgan fingerprint density at radius 2 is 0.573 bits per heavy atom. The summed E-state index contributed by atoms with van der Waals surface area (Å²) >= 11 is 0. The number of pyridine rings is 1. The van der Waals surface area contributed by atoms with Crippen LogP contribution in [-0.4, -0.2) is 10.8 Å². The molecule has 1 heterocycles. The number of fused-ring (bicyclic) bond motifs is 6. The number of nitrogens with zero attached hydrogens (tertiary/aromatic N) is 2. The van der Waals surface area contributed by atoms with E-state index in [4.69, 9.17) is 10.2 Å². The van der Waals surface area contributed by atoms with Crippen LogP contribution in [0.4, 0.5) is 0 Å². The first kappa shape index (κ1) is 49.3. The minimum atomic E-state index is 0.119. The van der Waals surface area contributed by atoms with Crippen LogP contribution in [0.3, 0.4) is 0 Å². The average Bonchev–Trinajstić information content (AvgIpc) is 4.22. The highest BCUT2D eigenvalue weighted by molar-refractivity contribution is 6.61. The van der Waals surface area contributed by atoms with Crippen LogP contribution in [-0.2, 0) is 4.79 Å². The monoisotopic (exact) mass is 1040 g/mol. The van der Waals surface area contributed by atoms with Gasteiger partial charge in [-0.15, -0.1) is 0 Å². The van der Waals surface area contributed by atoms with Gasteiger partial charge < -0.3 is 0 Å². The first-order chi connectivity index (χ1) is 40.6. The van der Waals surface area contributed by atoms with E-state index < -0.39 is 0 Å². The van der Waals surface area contributed by atoms with Gasteiger partial charge in [0, 0.05) is 50.1 Å². The molecule has 0 atom stereocenters. The van der Waals surface area contributed by atoms with Crippen molar-refractivity contribution in [2.45, 2.75) is 0 Å². The third kappa shape index (κ3) is 8.73. The highest BCUT2D eigenvalue weighted by Crippen LogP contribution is 2.58. The molecule has 382 valence electrons. The lowest BCUT2D eigenvalue weighted by atomic mass is 9.87. The lowest BCUT2D eigenvalue weighted by molar-refractivity contribution is -0.108. The number of carbonyl (C=O) groups excluding carboxylic acids is 1. The van der Waals surface area contributed by atoms with Gasteiger partial charge in [-0.05, 0) is 94.9 Å². The molecule has 0 radical (unpaired) electrons. The second-order valence-electron chi connectivity index (χ2n) is 20.6. The van der Waals surface area contributed by atoms with Crippen molar-refractivity contribution < 1.29 is 4.79 Å². The molecule has 0 saturated heterocycles. The third-order valence-corrected chi connectivity index (χ3v) is 15.9. The molecule has 3 nitrogen and oxygen atoms in total. The van der Waals surface area contributed by atoms with E-state index in [1.807, 2.05) is 103 Å². The molecule has 1 aromatic heterocycles. The largest absolute Gasteiger partial charge is 0.289 e. The van der Waals surface area contributed by atoms with Crippen LogP contribution in [0.25, 0.3) is 122 Å². The molecule has 3 aliphatic carbocycles. The van der Waals surface area contributed by atoms with Crippen LogP contribution >= 0.6 is 0 Å². The number of hydrogen-bond acceptors (Lipinski definition) is 3. The summed E-state index contributed by atoms with van der Waals surface area (Å²) in [5, 5.41) is 13.7. The molecule has 82 heavy (non-hydrogen) atoms. The number of hydrogen-bond donors (Lipinski definition) is 0. The van der Waals surface area contributed by atoms with Crippen molar-refractivity contribution in [3.8, 4) is 84.2 Å². The van der Waals surface area contributed by atoms with Crippen molar-refractivity contribution in [1.29, 1.82) is 5.26 Å². The van der Waals surface area contributed by atoms with Crippen molar-refractivity contribution >= 4 is 49.6 Å². The van der Waals surface area contributed by atoms with Gasteiger partial charge in [0.05, 0.1) is 23.0 Å². The molecule has 0 saturated carbocycles. The third-order valence-electron chi connectivity index (χ3n) is 15.9. The van der Waals surface area contributed by atoms with E-state index in [0.29, 0.717) is 5.56 Å². The van der Waals surface area contributed by atoms with Gasteiger partial charge in [-0.25, -0.2) is 4.98 Å². The zero-order chi connectivity index (χ0) is 54.9. The normalized spacial score (nSPS) is 12.3. The van der Waals surface area contributed by atoms with E-state index >= 15 is 0 Å². The van der Waals surface area contributed by atoms with Crippen LogP contribution in [0.2, 0.25) is 0 Å². The van der Waals surface area contributed by atoms with Crippen LogP contribution in [0, 0.1) is 11.3 Å². The van der Waals surface area contributed by atoms with Gasteiger partial charge in [0.2, 0.25) is 0 Å². The summed E-state index contributed by atoms with van der Waals surface area (Å²) in [6.07, 6.45) is 0. The molecule has 0 amide bonds. The maximum absolute atomic E-state index is 13.7. The molecule has 13 aromatic rings. The lowest BCUT2D eigenvalue weighted by Gasteiger charge is -2.20. The molecular formula is C79H50N2O. The minimum absolute atomic E-state index is 0.119. The van der Waals surface area contributed by atoms with Gasteiger partial charge in [0.25, 0.3) is 0 Å². The Morgan fingerprint density at radius 1 is 0.256 bits per heavy atom. The first-order valence-electron chi connectivity index (χ1n) is 27.7. The van der Waals surface area contributed by atoms with Gasteiger partial charge in [-0.1, -0.05) is 291 Å². The Kier molecular flexibility index (Phi) is 12.8. The molecule has 3 aliphatic rings. The van der Waals surface area contributed by atoms with E-state index in [1.165, 1.54) is 82.7 Å². The van der Waals surface area contributed by atoms with Crippen molar-refractivity contribution in [2.24, 2.45) is 0 Å². The number of ketones is 1. The average molecular weight is 1040 g/mol. The van der Waals surface area contributed by atoms with Crippen LogP contribution < -0.4 is 0 Å². The summed E-state index contributed by atoms with van der Waals surface area (Å²) in [5.74, 6) is 0.119. The van der Waals surface area contributed by atoms with Gasteiger partial charge in [0.15, 0.2) is 5.78 Å². The Bertz CT molecular complexity index is 4570. The summed E-state index contributed by atoms with van der Waals surface area (Å²) in [5.41, 5.74) is 25.2. The molecular weight excluding hydrogens is 993 g/mol. The van der Waals surface area contributed by atoms with Gasteiger partial charge in [-0.2, -0.15) is 5.26 Å². The second kappa shape index (κ2) is 21.3. The molecule has 3 heteroatoms. The molecule has 12 aromatic carbocycles. The number of benzene rings is 12. The summed E-state index contributed by atoms with van der Waals surface area (Å²) in [6, 6.07) is 107. The van der Waals surface area contributed by atoms with Gasteiger partial charge >= 0.3 is 0 Å². The van der Waals surface area contributed by atoms with Gasteiger partial charge in [-0.3, -0.25) is 4.79 Å². The number of rotatable bonds is 7. The SMILES string of the molecule is N#Cc1ccc(-c2ccccc2)cc1.O=C1C(c2ccccc2)=C2C(=C1c1ccccc1)c1cccc3cccc2c13.c1ccc(-c2ccc(-c3nc(-c4ccccc4)c4c(c3-c3ccccc3)-c3cccc5cccc-4c35)cc2)cc1. The van der Waals surface area contributed by atoms with Crippen molar-refractivity contribution in [3.63, 3.8) is 0 Å². The number of aromatic nitrogens is 1. The van der Waals surface area contributed by atoms with Crippen molar-refractivity contribution in [3.05, 3.63) is 331 Å². The Labute approximate surface area is 477 Å². The zero-order valence-electron chi connectivity index (χ0n) is 44.7. The summed E-state index contributed by atoms with van der Waals surface area (Å²) < 4.78 is 0. The smallest absolute Gasteiger partial charge is 0.195 e. The summed E-state index contributed by atoms with van der Waals surface area (Å²) in [7, 11) is 0. The molecule has 0 unspecified atom stereocenters. The highest BCUT2D eigenvalue weighted by Gasteiger charge is 2.40. The standard InChI is InChI=1S/C39H25N.C27H16O.C13H9N/c1-4-12-26(13-5-1)27-22-24-31(25-23-27)38-35(29-14-6-2-7-15-29)36-32-20-10-18-28-19-11-21-33(34(28)32)37(36)39(40-38)30-16-8-3-9-17-30;28-27-23(18-9-3-1-4-10-18)25-20-15-7-13-17-14-8-16-21(22(17)20)26(25)24(27)19-11-5-2-6-12-19;14-10-11-6-8-13(9-7-11)12-4-2-1-3-5-12/h1-25H;1-16H;1-9H. The Balaban J connectivity index is 0.000000124. The molecule has 0 spiro atoms. The quantitative estimate of drug-likeness (QED) is 0.160. The Morgan fingerprint density at radius 3 is 1.01 bits per heavy atom. The zero-order valence-corrected chi connectivity index (χ0v) is 44.7.